The van der Waals surface area contributed by atoms with Crippen LogP contribution in [0.5, 0.6) is 0 Å². The lowest BCUT2D eigenvalue weighted by atomic mass is 10.1. The second kappa shape index (κ2) is 7.75. The first-order valence-electron chi connectivity index (χ1n) is 6.08. The summed E-state index contributed by atoms with van der Waals surface area (Å²) < 4.78 is 0. The highest BCUT2D eigenvalue weighted by molar-refractivity contribution is 7.98. The first kappa shape index (κ1) is 14.6. The van der Waals surface area contributed by atoms with Gasteiger partial charge >= 0.3 is 0 Å². The minimum atomic E-state index is 0.260. The molecule has 1 unspecified atom stereocenters. The third kappa shape index (κ3) is 5.57. The maximum Gasteiger partial charge on any atom is 0.0446 e. The standard InChI is InChI=1S/C14H23NOS/c1-11-6-12(2)8-13(7-11)9-17-10-14(15-3)4-5-16/h6-8,14-16H,4-5,9-10H2,1-3H3. The first-order valence-corrected chi connectivity index (χ1v) is 7.24. The molecule has 2 nitrogen and oxygen atoms in total. The van der Waals surface area contributed by atoms with Crippen LogP contribution < -0.4 is 5.32 Å². The number of aliphatic hydroxyl groups is 1. The number of thioether (sulfide) groups is 1. The Morgan fingerprint density at radius 1 is 1.24 bits per heavy atom. The third-order valence-corrected chi connectivity index (χ3v) is 3.93. The van der Waals surface area contributed by atoms with Crippen molar-refractivity contribution in [3.05, 3.63) is 34.9 Å². The minimum Gasteiger partial charge on any atom is -0.396 e. The molecule has 0 radical (unpaired) electrons. The molecule has 0 bridgehead atoms. The minimum absolute atomic E-state index is 0.260. The SMILES string of the molecule is CNC(CCO)CSCc1cc(C)cc(C)c1. The van der Waals surface area contributed by atoms with Crippen LogP contribution in [0.15, 0.2) is 18.2 Å². The quantitative estimate of drug-likeness (QED) is 0.783. The summed E-state index contributed by atoms with van der Waals surface area (Å²) in [6.45, 7) is 4.54. The maximum absolute atomic E-state index is 8.91. The van der Waals surface area contributed by atoms with Crippen LogP contribution in [-0.4, -0.2) is 30.6 Å². The molecule has 0 aliphatic rings. The van der Waals surface area contributed by atoms with Gasteiger partial charge in [0.05, 0.1) is 0 Å². The molecule has 1 rings (SSSR count). The summed E-state index contributed by atoms with van der Waals surface area (Å²) in [7, 11) is 1.96. The number of hydrogen-bond acceptors (Lipinski definition) is 3. The largest absolute Gasteiger partial charge is 0.396 e. The van der Waals surface area contributed by atoms with Crippen LogP contribution in [0.2, 0.25) is 0 Å². The Balaban J connectivity index is 2.39. The Morgan fingerprint density at radius 3 is 2.41 bits per heavy atom. The van der Waals surface area contributed by atoms with Crippen molar-refractivity contribution in [1.29, 1.82) is 0 Å². The number of rotatable bonds is 7. The fourth-order valence-corrected chi connectivity index (χ4v) is 3.08. The molecule has 0 aliphatic heterocycles. The molecule has 0 fully saturated rings. The van der Waals surface area contributed by atoms with Gasteiger partial charge in [-0.1, -0.05) is 29.3 Å². The van der Waals surface area contributed by atoms with Gasteiger partial charge in [0.25, 0.3) is 0 Å². The third-order valence-electron chi connectivity index (χ3n) is 2.76. The number of hydrogen-bond donors (Lipinski definition) is 2. The van der Waals surface area contributed by atoms with Crippen LogP contribution in [0.4, 0.5) is 0 Å². The lowest BCUT2D eigenvalue weighted by Gasteiger charge is -2.14. The van der Waals surface area contributed by atoms with Crippen molar-refractivity contribution in [1.82, 2.24) is 5.32 Å². The lowest BCUT2D eigenvalue weighted by molar-refractivity contribution is 0.273. The molecule has 0 aliphatic carbocycles. The van der Waals surface area contributed by atoms with E-state index in [2.05, 4.69) is 37.4 Å². The van der Waals surface area contributed by atoms with Gasteiger partial charge in [0.15, 0.2) is 0 Å². The highest BCUT2D eigenvalue weighted by atomic mass is 32.2. The number of aryl methyl sites for hydroxylation is 2. The molecule has 3 heteroatoms. The maximum atomic E-state index is 8.91. The van der Waals surface area contributed by atoms with E-state index in [9.17, 15) is 0 Å². The predicted molar refractivity (Wildman–Crippen MR) is 76.6 cm³/mol. The van der Waals surface area contributed by atoms with E-state index in [-0.39, 0.29) is 6.61 Å². The summed E-state index contributed by atoms with van der Waals surface area (Å²) in [6.07, 6.45) is 0.830. The molecule has 0 spiro atoms. The normalized spacial score (nSPS) is 12.7. The summed E-state index contributed by atoms with van der Waals surface area (Å²) in [6, 6.07) is 7.12. The Bertz CT molecular complexity index is 321. The molecule has 0 saturated heterocycles. The van der Waals surface area contributed by atoms with Crippen molar-refractivity contribution < 1.29 is 5.11 Å². The summed E-state index contributed by atoms with van der Waals surface area (Å²) >= 11 is 1.92. The molecule has 1 atom stereocenters. The van der Waals surface area contributed by atoms with Crippen molar-refractivity contribution in [2.24, 2.45) is 0 Å². The van der Waals surface area contributed by atoms with Crippen molar-refractivity contribution in [2.75, 3.05) is 19.4 Å². The Labute approximate surface area is 109 Å². The van der Waals surface area contributed by atoms with Crippen molar-refractivity contribution in [3.63, 3.8) is 0 Å². The van der Waals surface area contributed by atoms with E-state index in [0.717, 1.165) is 17.9 Å². The van der Waals surface area contributed by atoms with Crippen LogP contribution >= 0.6 is 11.8 Å². The molecular weight excluding hydrogens is 230 g/mol. The molecule has 0 aromatic heterocycles. The summed E-state index contributed by atoms with van der Waals surface area (Å²) in [5, 5.41) is 12.1. The van der Waals surface area contributed by atoms with E-state index in [1.165, 1.54) is 16.7 Å². The van der Waals surface area contributed by atoms with Gasteiger partial charge in [0, 0.05) is 24.2 Å². The van der Waals surface area contributed by atoms with E-state index in [4.69, 9.17) is 5.11 Å². The fraction of sp³-hybridized carbons (Fsp3) is 0.571. The van der Waals surface area contributed by atoms with E-state index >= 15 is 0 Å². The zero-order valence-corrected chi connectivity index (χ0v) is 11.8. The molecule has 96 valence electrons. The molecule has 1 aromatic rings. The Hall–Kier alpha value is -0.510. The van der Waals surface area contributed by atoms with Crippen molar-refractivity contribution in [2.45, 2.75) is 32.1 Å². The molecule has 1 aromatic carbocycles. The van der Waals surface area contributed by atoms with E-state index in [1.54, 1.807) is 0 Å². The molecule has 2 N–H and O–H groups in total. The number of aliphatic hydroxyl groups excluding tert-OH is 1. The van der Waals surface area contributed by atoms with E-state index in [0.29, 0.717) is 6.04 Å². The highest BCUT2D eigenvalue weighted by Crippen LogP contribution is 2.17. The van der Waals surface area contributed by atoms with Crippen LogP contribution in [0.3, 0.4) is 0 Å². The van der Waals surface area contributed by atoms with Crippen LogP contribution in [0, 0.1) is 13.8 Å². The van der Waals surface area contributed by atoms with Crippen molar-refractivity contribution >= 4 is 11.8 Å². The molecule has 0 amide bonds. The number of nitrogens with one attached hydrogen (secondary N) is 1. The van der Waals surface area contributed by atoms with Gasteiger partial charge in [-0.25, -0.2) is 0 Å². The topological polar surface area (TPSA) is 32.3 Å². The smallest absolute Gasteiger partial charge is 0.0446 e. The van der Waals surface area contributed by atoms with Gasteiger partial charge in [-0.05, 0) is 32.9 Å². The van der Waals surface area contributed by atoms with Crippen molar-refractivity contribution in [3.8, 4) is 0 Å². The van der Waals surface area contributed by atoms with Crippen LogP contribution in [0.25, 0.3) is 0 Å². The van der Waals surface area contributed by atoms with Crippen LogP contribution in [0.1, 0.15) is 23.1 Å². The molecule has 0 saturated carbocycles. The molecule has 17 heavy (non-hydrogen) atoms. The monoisotopic (exact) mass is 253 g/mol. The van der Waals surface area contributed by atoms with Gasteiger partial charge < -0.3 is 10.4 Å². The zero-order chi connectivity index (χ0) is 12.7. The fourth-order valence-electron chi connectivity index (χ4n) is 1.94. The summed E-state index contributed by atoms with van der Waals surface area (Å²) in [4.78, 5) is 0. The Kier molecular flexibility index (Phi) is 6.63. The molecule has 0 heterocycles. The van der Waals surface area contributed by atoms with Gasteiger partial charge in [-0.3, -0.25) is 0 Å². The van der Waals surface area contributed by atoms with E-state index < -0.39 is 0 Å². The second-order valence-electron chi connectivity index (χ2n) is 4.51. The first-order chi connectivity index (χ1) is 8.15. The van der Waals surface area contributed by atoms with Gasteiger partial charge in [-0.2, -0.15) is 11.8 Å². The predicted octanol–water partition coefficient (Wildman–Crippen LogP) is 2.51. The molecular formula is C14H23NOS. The Morgan fingerprint density at radius 2 is 1.88 bits per heavy atom. The summed E-state index contributed by atoms with van der Waals surface area (Å²) in [5.41, 5.74) is 4.06. The number of benzene rings is 1. The van der Waals surface area contributed by atoms with Gasteiger partial charge in [-0.15, -0.1) is 0 Å². The zero-order valence-electron chi connectivity index (χ0n) is 11.0. The average Bonchev–Trinajstić information content (AvgIpc) is 2.26. The van der Waals surface area contributed by atoms with E-state index in [1.807, 2.05) is 18.8 Å². The lowest BCUT2D eigenvalue weighted by Crippen LogP contribution is -2.28. The van der Waals surface area contributed by atoms with Crippen LogP contribution in [-0.2, 0) is 5.75 Å². The summed E-state index contributed by atoms with van der Waals surface area (Å²) in [5.74, 6) is 2.09. The highest BCUT2D eigenvalue weighted by Gasteiger charge is 2.05. The van der Waals surface area contributed by atoms with Gasteiger partial charge in [0.1, 0.15) is 0 Å². The van der Waals surface area contributed by atoms with Gasteiger partial charge in [0.2, 0.25) is 0 Å². The second-order valence-corrected chi connectivity index (χ2v) is 5.54. The average molecular weight is 253 g/mol.